The summed E-state index contributed by atoms with van der Waals surface area (Å²) in [6.07, 6.45) is 2.18. The summed E-state index contributed by atoms with van der Waals surface area (Å²) in [4.78, 5) is 18.7. The van der Waals surface area contributed by atoms with E-state index in [1.165, 1.54) is 5.56 Å². The monoisotopic (exact) mass is 342 g/mol. The fourth-order valence-corrected chi connectivity index (χ4v) is 3.22. The molecule has 25 heavy (non-hydrogen) atoms. The molecule has 1 saturated heterocycles. The molecule has 2 heterocycles. The number of carbonyl (C=O) groups is 1. The van der Waals surface area contributed by atoms with E-state index in [1.54, 1.807) is 16.6 Å². The molecule has 0 aliphatic carbocycles. The molecule has 0 radical (unpaired) electrons. The van der Waals surface area contributed by atoms with Crippen LogP contribution in [0.3, 0.4) is 0 Å². The Bertz CT molecular complexity index is 748. The van der Waals surface area contributed by atoms with E-state index in [2.05, 4.69) is 30.0 Å². The first-order valence-corrected chi connectivity index (χ1v) is 8.87. The Balaban J connectivity index is 1.84. The average Bonchev–Trinajstić information content (AvgIpc) is 3.23. The van der Waals surface area contributed by atoms with Crippen molar-refractivity contribution in [3.05, 3.63) is 41.5 Å². The number of ether oxygens (including phenoxy) is 1. The van der Waals surface area contributed by atoms with E-state index in [0.717, 1.165) is 25.1 Å². The SMILES string of the molecule is Cc1nc(C(=O)N(C)C[C@@H]2CCCO2)nn1-c1ccccc1C(C)C. The highest BCUT2D eigenvalue weighted by atomic mass is 16.5. The number of para-hydroxylation sites is 1. The van der Waals surface area contributed by atoms with E-state index in [-0.39, 0.29) is 17.8 Å². The number of rotatable bonds is 5. The number of carbonyl (C=O) groups excluding carboxylic acids is 1. The Hall–Kier alpha value is -2.21. The van der Waals surface area contributed by atoms with Gasteiger partial charge in [0.15, 0.2) is 0 Å². The van der Waals surface area contributed by atoms with Gasteiger partial charge in [0.05, 0.1) is 11.8 Å². The summed E-state index contributed by atoms with van der Waals surface area (Å²) in [6.45, 7) is 7.53. The molecule has 1 aliphatic heterocycles. The maximum absolute atomic E-state index is 12.7. The molecule has 1 amide bonds. The molecular weight excluding hydrogens is 316 g/mol. The zero-order valence-electron chi connectivity index (χ0n) is 15.4. The van der Waals surface area contributed by atoms with Crippen LogP contribution in [0.1, 0.15) is 54.6 Å². The highest BCUT2D eigenvalue weighted by Crippen LogP contribution is 2.23. The van der Waals surface area contributed by atoms with Crippen molar-refractivity contribution in [3.8, 4) is 5.69 Å². The van der Waals surface area contributed by atoms with Crippen molar-refractivity contribution in [1.82, 2.24) is 19.7 Å². The van der Waals surface area contributed by atoms with Crippen molar-refractivity contribution in [1.29, 1.82) is 0 Å². The number of aromatic nitrogens is 3. The van der Waals surface area contributed by atoms with Crippen LogP contribution in [0, 0.1) is 6.92 Å². The Morgan fingerprint density at radius 2 is 2.16 bits per heavy atom. The Labute approximate surface area is 148 Å². The van der Waals surface area contributed by atoms with Crippen LogP contribution in [-0.4, -0.2) is 51.9 Å². The lowest BCUT2D eigenvalue weighted by Gasteiger charge is -2.19. The fourth-order valence-electron chi connectivity index (χ4n) is 3.22. The zero-order chi connectivity index (χ0) is 18.0. The van der Waals surface area contributed by atoms with Gasteiger partial charge in [0.2, 0.25) is 5.82 Å². The van der Waals surface area contributed by atoms with E-state index in [9.17, 15) is 4.79 Å². The minimum atomic E-state index is -0.167. The molecule has 0 spiro atoms. The first kappa shape index (κ1) is 17.6. The minimum absolute atomic E-state index is 0.124. The van der Waals surface area contributed by atoms with Gasteiger partial charge in [0, 0.05) is 20.2 Å². The van der Waals surface area contributed by atoms with Crippen molar-refractivity contribution < 1.29 is 9.53 Å². The predicted molar refractivity (Wildman–Crippen MR) is 96.1 cm³/mol. The molecule has 0 unspecified atom stereocenters. The summed E-state index contributed by atoms with van der Waals surface area (Å²) in [7, 11) is 1.78. The van der Waals surface area contributed by atoms with Crippen LogP contribution in [-0.2, 0) is 4.74 Å². The van der Waals surface area contributed by atoms with Gasteiger partial charge >= 0.3 is 0 Å². The number of aryl methyl sites for hydroxylation is 1. The van der Waals surface area contributed by atoms with Crippen molar-refractivity contribution in [2.45, 2.75) is 45.6 Å². The molecule has 3 rings (SSSR count). The highest BCUT2D eigenvalue weighted by molar-refractivity contribution is 5.90. The second kappa shape index (κ2) is 7.35. The largest absolute Gasteiger partial charge is 0.376 e. The lowest BCUT2D eigenvalue weighted by molar-refractivity contribution is 0.0578. The number of benzene rings is 1. The molecule has 1 fully saturated rings. The number of nitrogens with zero attached hydrogens (tertiary/aromatic N) is 4. The summed E-state index contributed by atoms with van der Waals surface area (Å²) in [5.41, 5.74) is 2.16. The molecule has 0 bridgehead atoms. The lowest BCUT2D eigenvalue weighted by atomic mass is 10.0. The van der Waals surface area contributed by atoms with E-state index in [0.29, 0.717) is 18.3 Å². The van der Waals surface area contributed by atoms with Crippen LogP contribution in [0.4, 0.5) is 0 Å². The molecule has 0 N–H and O–H groups in total. The van der Waals surface area contributed by atoms with Gasteiger partial charge in [0.25, 0.3) is 5.91 Å². The van der Waals surface area contributed by atoms with Gasteiger partial charge in [-0.3, -0.25) is 4.79 Å². The average molecular weight is 342 g/mol. The van der Waals surface area contributed by atoms with Crippen LogP contribution in [0.25, 0.3) is 5.69 Å². The lowest BCUT2D eigenvalue weighted by Crippen LogP contribution is -2.34. The van der Waals surface area contributed by atoms with E-state index >= 15 is 0 Å². The normalized spacial score (nSPS) is 17.2. The van der Waals surface area contributed by atoms with E-state index in [4.69, 9.17) is 4.74 Å². The van der Waals surface area contributed by atoms with Crippen LogP contribution < -0.4 is 0 Å². The molecule has 6 nitrogen and oxygen atoms in total. The standard InChI is InChI=1S/C19H26N4O2/c1-13(2)16-9-5-6-10-17(16)23-14(3)20-18(21-23)19(24)22(4)12-15-8-7-11-25-15/h5-6,9-10,13,15H,7-8,11-12H2,1-4H3/t15-/m0/s1. The van der Waals surface area contributed by atoms with Gasteiger partial charge in [-0.25, -0.2) is 9.67 Å². The van der Waals surface area contributed by atoms with E-state index < -0.39 is 0 Å². The van der Waals surface area contributed by atoms with Crippen molar-refractivity contribution in [2.75, 3.05) is 20.2 Å². The summed E-state index contributed by atoms with van der Waals surface area (Å²) in [6, 6.07) is 8.10. The summed E-state index contributed by atoms with van der Waals surface area (Å²) >= 11 is 0. The third-order valence-electron chi connectivity index (χ3n) is 4.60. The van der Waals surface area contributed by atoms with Crippen molar-refractivity contribution in [2.24, 2.45) is 0 Å². The van der Waals surface area contributed by atoms with Crippen LogP contribution >= 0.6 is 0 Å². The third kappa shape index (κ3) is 3.74. The number of amides is 1. The topological polar surface area (TPSA) is 60.3 Å². The third-order valence-corrected chi connectivity index (χ3v) is 4.60. The molecule has 1 aliphatic rings. The molecule has 1 aromatic carbocycles. The van der Waals surface area contributed by atoms with Crippen LogP contribution in [0.15, 0.2) is 24.3 Å². The predicted octanol–water partition coefficient (Wildman–Crippen LogP) is 2.95. The molecule has 1 aromatic heterocycles. The Morgan fingerprint density at radius 3 is 2.84 bits per heavy atom. The first-order chi connectivity index (χ1) is 12.0. The van der Waals surface area contributed by atoms with Crippen LogP contribution in [0.5, 0.6) is 0 Å². The summed E-state index contributed by atoms with van der Waals surface area (Å²) in [5.74, 6) is 1.14. The molecule has 134 valence electrons. The van der Waals surface area contributed by atoms with Gasteiger partial charge in [-0.05, 0) is 37.3 Å². The van der Waals surface area contributed by atoms with Gasteiger partial charge in [-0.15, -0.1) is 5.10 Å². The van der Waals surface area contributed by atoms with Gasteiger partial charge < -0.3 is 9.64 Å². The van der Waals surface area contributed by atoms with Crippen LogP contribution in [0.2, 0.25) is 0 Å². The minimum Gasteiger partial charge on any atom is -0.376 e. The molecular formula is C19H26N4O2. The van der Waals surface area contributed by atoms with Crippen molar-refractivity contribution in [3.63, 3.8) is 0 Å². The number of likely N-dealkylation sites (N-methyl/N-ethyl adjacent to an activating group) is 1. The Kier molecular flexibility index (Phi) is 5.18. The first-order valence-electron chi connectivity index (χ1n) is 8.87. The summed E-state index contributed by atoms with van der Waals surface area (Å²) < 4.78 is 7.38. The molecule has 6 heteroatoms. The molecule has 2 aromatic rings. The molecule has 1 atom stereocenters. The maximum atomic E-state index is 12.7. The zero-order valence-corrected chi connectivity index (χ0v) is 15.4. The van der Waals surface area contributed by atoms with Gasteiger partial charge in [-0.2, -0.15) is 0 Å². The van der Waals surface area contributed by atoms with Gasteiger partial charge in [-0.1, -0.05) is 32.0 Å². The quantitative estimate of drug-likeness (QED) is 0.838. The Morgan fingerprint density at radius 1 is 1.40 bits per heavy atom. The number of hydrogen-bond donors (Lipinski definition) is 0. The second-order valence-electron chi connectivity index (χ2n) is 6.93. The van der Waals surface area contributed by atoms with Crippen molar-refractivity contribution >= 4 is 5.91 Å². The smallest absolute Gasteiger partial charge is 0.293 e. The second-order valence-corrected chi connectivity index (χ2v) is 6.93. The molecule has 0 saturated carbocycles. The maximum Gasteiger partial charge on any atom is 0.293 e. The van der Waals surface area contributed by atoms with Gasteiger partial charge in [0.1, 0.15) is 5.82 Å². The summed E-state index contributed by atoms with van der Waals surface area (Å²) in [5, 5.41) is 4.49. The van der Waals surface area contributed by atoms with E-state index in [1.807, 2.05) is 25.1 Å². The number of hydrogen-bond acceptors (Lipinski definition) is 4. The fraction of sp³-hybridized carbons (Fsp3) is 0.526. The highest BCUT2D eigenvalue weighted by Gasteiger charge is 2.24.